The summed E-state index contributed by atoms with van der Waals surface area (Å²) in [4.78, 5) is 19.9. The Morgan fingerprint density at radius 1 is 1.24 bits per heavy atom. The molecule has 2 fully saturated rings. The molecule has 2 aliphatic rings. The number of amides is 1. The van der Waals surface area contributed by atoms with E-state index in [1.165, 1.54) is 5.56 Å². The van der Waals surface area contributed by atoms with Crippen molar-refractivity contribution in [1.29, 1.82) is 10.5 Å². The number of rotatable bonds is 9. The van der Waals surface area contributed by atoms with Gasteiger partial charge in [0.05, 0.1) is 23.7 Å². The lowest BCUT2D eigenvalue weighted by Crippen LogP contribution is -2.58. The van der Waals surface area contributed by atoms with Crippen molar-refractivity contribution in [2.75, 3.05) is 26.2 Å². The van der Waals surface area contributed by atoms with Gasteiger partial charge in [0.25, 0.3) is 0 Å². The standard InChI is InChI=1S/C26H38N6O/c1-5-22(15-28)32(25-13-18(25)3)26(33)24(29)17-30-11-12-31(23(6-2)16-30)19(4)21-9-7-20(14-27)8-10-21/h7-10,18-19,22-25H,5-6,11-13,16-17,29H2,1-4H3/t18?,19?,22?,23-,24?,25?/m0/s1. The van der Waals surface area contributed by atoms with E-state index < -0.39 is 12.1 Å². The number of carbonyl (C=O) groups excluding carboxylic acids is 1. The minimum absolute atomic E-state index is 0.0841. The molecule has 178 valence electrons. The van der Waals surface area contributed by atoms with Gasteiger partial charge in [0.1, 0.15) is 6.04 Å². The van der Waals surface area contributed by atoms with Crippen LogP contribution in [0.15, 0.2) is 24.3 Å². The summed E-state index contributed by atoms with van der Waals surface area (Å²) in [6, 6.07) is 12.1. The van der Waals surface area contributed by atoms with Crippen LogP contribution in [-0.2, 0) is 4.79 Å². The van der Waals surface area contributed by atoms with Crippen LogP contribution < -0.4 is 5.73 Å². The first kappa shape index (κ1) is 25.2. The van der Waals surface area contributed by atoms with Crippen molar-refractivity contribution in [1.82, 2.24) is 14.7 Å². The molecule has 7 nitrogen and oxygen atoms in total. The molecule has 7 heteroatoms. The zero-order valence-corrected chi connectivity index (χ0v) is 20.4. The summed E-state index contributed by atoms with van der Waals surface area (Å²) in [6.45, 7) is 11.6. The summed E-state index contributed by atoms with van der Waals surface area (Å²) in [5.41, 5.74) is 8.32. The van der Waals surface area contributed by atoms with E-state index in [4.69, 9.17) is 11.0 Å². The Bertz CT molecular complexity index is 888. The van der Waals surface area contributed by atoms with Crippen LogP contribution in [0.4, 0.5) is 0 Å². The molecule has 6 atom stereocenters. The molecule has 1 aliphatic carbocycles. The van der Waals surface area contributed by atoms with Gasteiger partial charge in [-0.25, -0.2) is 0 Å². The average Bonchev–Trinajstić information content (AvgIpc) is 3.56. The van der Waals surface area contributed by atoms with Crippen LogP contribution in [0.25, 0.3) is 0 Å². The Morgan fingerprint density at radius 3 is 2.42 bits per heavy atom. The highest BCUT2D eigenvalue weighted by molar-refractivity contribution is 5.83. The first-order chi connectivity index (χ1) is 15.8. The quantitative estimate of drug-likeness (QED) is 0.621. The van der Waals surface area contributed by atoms with Gasteiger partial charge in [-0.2, -0.15) is 10.5 Å². The molecule has 33 heavy (non-hydrogen) atoms. The molecule has 5 unspecified atom stereocenters. The van der Waals surface area contributed by atoms with Crippen LogP contribution in [0.3, 0.4) is 0 Å². The van der Waals surface area contributed by atoms with Gasteiger partial charge in [0.2, 0.25) is 5.91 Å². The number of carbonyl (C=O) groups is 1. The highest BCUT2D eigenvalue weighted by atomic mass is 16.2. The molecule has 1 saturated carbocycles. The summed E-state index contributed by atoms with van der Waals surface area (Å²) < 4.78 is 0. The van der Waals surface area contributed by atoms with Crippen LogP contribution in [-0.4, -0.2) is 71.0 Å². The molecule has 1 saturated heterocycles. The van der Waals surface area contributed by atoms with Gasteiger partial charge < -0.3 is 10.6 Å². The smallest absolute Gasteiger partial charge is 0.242 e. The summed E-state index contributed by atoms with van der Waals surface area (Å²) in [5, 5.41) is 18.6. The summed E-state index contributed by atoms with van der Waals surface area (Å²) in [7, 11) is 0. The molecule has 1 aromatic rings. The second-order valence-electron chi connectivity index (χ2n) is 9.65. The van der Waals surface area contributed by atoms with Crippen molar-refractivity contribution in [3.05, 3.63) is 35.4 Å². The lowest BCUT2D eigenvalue weighted by molar-refractivity contribution is -0.135. The Morgan fingerprint density at radius 2 is 1.91 bits per heavy atom. The number of hydrogen-bond donors (Lipinski definition) is 1. The first-order valence-electron chi connectivity index (χ1n) is 12.3. The van der Waals surface area contributed by atoms with E-state index in [0.29, 0.717) is 30.5 Å². The van der Waals surface area contributed by atoms with Crippen molar-refractivity contribution >= 4 is 5.91 Å². The summed E-state index contributed by atoms with van der Waals surface area (Å²) in [5.74, 6) is 0.361. The molecule has 3 rings (SSSR count). The number of nitrogens with zero attached hydrogens (tertiary/aromatic N) is 5. The molecule has 0 bridgehead atoms. The fraction of sp³-hybridized carbons (Fsp3) is 0.654. The van der Waals surface area contributed by atoms with Crippen LogP contribution in [0, 0.1) is 28.6 Å². The molecule has 1 aromatic carbocycles. The molecule has 1 amide bonds. The van der Waals surface area contributed by atoms with Gasteiger partial charge in [0.15, 0.2) is 0 Å². The van der Waals surface area contributed by atoms with Gasteiger partial charge in [0, 0.05) is 44.3 Å². The lowest BCUT2D eigenvalue weighted by Gasteiger charge is -2.45. The van der Waals surface area contributed by atoms with Crippen molar-refractivity contribution in [2.24, 2.45) is 11.7 Å². The minimum Gasteiger partial charge on any atom is -0.322 e. The van der Waals surface area contributed by atoms with Crippen LogP contribution in [0.2, 0.25) is 0 Å². The van der Waals surface area contributed by atoms with E-state index in [-0.39, 0.29) is 18.0 Å². The molecular weight excluding hydrogens is 412 g/mol. The zero-order chi connectivity index (χ0) is 24.1. The SMILES string of the molecule is CCC(C#N)N(C(=O)C(N)CN1CCN(C(C)c2ccc(C#N)cc2)[C@@H](CC)C1)C1CC1C. The van der Waals surface area contributed by atoms with Gasteiger partial charge in [-0.05, 0) is 49.8 Å². The Labute approximate surface area is 198 Å². The number of nitrogens with two attached hydrogens (primary N) is 1. The number of hydrogen-bond acceptors (Lipinski definition) is 6. The third-order valence-corrected chi connectivity index (χ3v) is 7.43. The van der Waals surface area contributed by atoms with Crippen molar-refractivity contribution in [3.63, 3.8) is 0 Å². The molecule has 0 spiro atoms. The van der Waals surface area contributed by atoms with E-state index >= 15 is 0 Å². The van der Waals surface area contributed by atoms with Crippen molar-refractivity contribution in [3.8, 4) is 12.1 Å². The van der Waals surface area contributed by atoms with Crippen molar-refractivity contribution in [2.45, 2.75) is 77.2 Å². The maximum Gasteiger partial charge on any atom is 0.242 e. The first-order valence-corrected chi connectivity index (χ1v) is 12.3. The highest BCUT2D eigenvalue weighted by Gasteiger charge is 2.45. The number of nitriles is 2. The Balaban J connectivity index is 1.62. The molecular formula is C26H38N6O. The monoisotopic (exact) mass is 450 g/mol. The summed E-state index contributed by atoms with van der Waals surface area (Å²) in [6.07, 6.45) is 2.60. The van der Waals surface area contributed by atoms with Crippen molar-refractivity contribution < 1.29 is 4.79 Å². The maximum absolute atomic E-state index is 13.3. The predicted molar refractivity (Wildman–Crippen MR) is 129 cm³/mol. The third kappa shape index (κ3) is 5.73. The molecule has 0 aromatic heterocycles. The van der Waals surface area contributed by atoms with Gasteiger partial charge in [-0.3, -0.25) is 14.6 Å². The fourth-order valence-corrected chi connectivity index (χ4v) is 5.14. The molecule has 2 N–H and O–H groups in total. The predicted octanol–water partition coefficient (Wildman–Crippen LogP) is 2.88. The van der Waals surface area contributed by atoms with E-state index in [1.807, 2.05) is 31.2 Å². The Kier molecular flexibility index (Phi) is 8.48. The number of piperazine rings is 1. The van der Waals surface area contributed by atoms with Crippen LogP contribution >= 0.6 is 0 Å². The molecule has 0 radical (unpaired) electrons. The minimum atomic E-state index is -0.611. The molecule has 1 aliphatic heterocycles. The third-order valence-electron chi connectivity index (χ3n) is 7.43. The normalized spacial score (nSPS) is 26.0. The zero-order valence-electron chi connectivity index (χ0n) is 20.4. The van der Waals surface area contributed by atoms with E-state index in [9.17, 15) is 10.1 Å². The van der Waals surface area contributed by atoms with E-state index in [0.717, 1.165) is 32.5 Å². The van der Waals surface area contributed by atoms with Crippen LogP contribution in [0.1, 0.15) is 64.1 Å². The van der Waals surface area contributed by atoms with Gasteiger partial charge in [-0.1, -0.05) is 32.9 Å². The highest BCUT2D eigenvalue weighted by Crippen LogP contribution is 2.37. The van der Waals surface area contributed by atoms with E-state index in [2.05, 4.69) is 42.7 Å². The Hall–Kier alpha value is -2.45. The number of benzene rings is 1. The summed E-state index contributed by atoms with van der Waals surface area (Å²) >= 11 is 0. The van der Waals surface area contributed by atoms with Gasteiger partial charge in [-0.15, -0.1) is 0 Å². The topological polar surface area (TPSA) is 100 Å². The fourth-order valence-electron chi connectivity index (χ4n) is 5.14. The van der Waals surface area contributed by atoms with Crippen LogP contribution in [0.5, 0.6) is 0 Å². The maximum atomic E-state index is 13.3. The van der Waals surface area contributed by atoms with E-state index in [1.54, 1.807) is 4.90 Å². The largest absolute Gasteiger partial charge is 0.322 e. The van der Waals surface area contributed by atoms with Gasteiger partial charge >= 0.3 is 0 Å². The average molecular weight is 451 g/mol. The second kappa shape index (κ2) is 11.1. The lowest BCUT2D eigenvalue weighted by atomic mass is 10.00. The second-order valence-corrected chi connectivity index (χ2v) is 9.65. The molecule has 1 heterocycles.